The largest absolute Gasteiger partial charge is 0.478 e. The minimum Gasteiger partial charge on any atom is -0.478 e. The first-order chi connectivity index (χ1) is 8.18. The van der Waals surface area contributed by atoms with Crippen LogP contribution >= 0.6 is 0 Å². The van der Waals surface area contributed by atoms with E-state index in [4.69, 9.17) is 5.11 Å². The highest BCUT2D eigenvalue weighted by molar-refractivity contribution is 5.87. The molecule has 0 aromatic heterocycles. The molecule has 2 aromatic rings. The van der Waals surface area contributed by atoms with Crippen molar-refractivity contribution >= 4 is 5.97 Å². The lowest BCUT2D eigenvalue weighted by Crippen LogP contribution is -2.01. The number of carbonyl (C=O) groups is 1. The maximum atomic E-state index is 10.7. The van der Waals surface area contributed by atoms with Crippen molar-refractivity contribution in [3.63, 3.8) is 0 Å². The van der Waals surface area contributed by atoms with E-state index >= 15 is 0 Å². The van der Waals surface area contributed by atoms with E-state index in [-0.39, 0.29) is 5.56 Å². The zero-order chi connectivity index (χ0) is 12.3. The van der Waals surface area contributed by atoms with Gasteiger partial charge in [0, 0.05) is 0 Å². The van der Waals surface area contributed by atoms with Crippen molar-refractivity contribution in [3.05, 3.63) is 71.3 Å². The fraction of sp³-hybridized carbons (Fsp3) is 0.0714. The first-order valence-electron chi connectivity index (χ1n) is 5.25. The number of hydrogen-bond donors (Lipinski definition) is 2. The first kappa shape index (κ1) is 11.4. The summed E-state index contributed by atoms with van der Waals surface area (Å²) in [4.78, 5) is 10.7. The van der Waals surface area contributed by atoms with Gasteiger partial charge in [-0.3, -0.25) is 0 Å². The molecular weight excluding hydrogens is 216 g/mol. The Kier molecular flexibility index (Phi) is 3.21. The number of benzene rings is 2. The fourth-order valence-electron chi connectivity index (χ4n) is 1.64. The van der Waals surface area contributed by atoms with Gasteiger partial charge in [0.25, 0.3) is 0 Å². The molecular formula is C14H12O3. The van der Waals surface area contributed by atoms with Crippen LogP contribution < -0.4 is 0 Å². The van der Waals surface area contributed by atoms with Crippen LogP contribution in [0.1, 0.15) is 27.6 Å². The average molecular weight is 228 g/mol. The SMILES string of the molecule is O=C(O)c1ccc([C@@H](O)c2ccccc2)cc1. The van der Waals surface area contributed by atoms with Gasteiger partial charge in [-0.2, -0.15) is 0 Å². The molecule has 0 amide bonds. The highest BCUT2D eigenvalue weighted by Crippen LogP contribution is 2.21. The summed E-state index contributed by atoms with van der Waals surface area (Å²) in [5, 5.41) is 18.8. The second kappa shape index (κ2) is 4.80. The summed E-state index contributed by atoms with van der Waals surface area (Å²) in [6, 6.07) is 15.5. The van der Waals surface area contributed by atoms with Crippen molar-refractivity contribution in [2.75, 3.05) is 0 Å². The Bertz CT molecular complexity index is 503. The molecule has 1 atom stereocenters. The molecule has 0 aliphatic carbocycles. The van der Waals surface area contributed by atoms with Crippen LogP contribution in [0.5, 0.6) is 0 Å². The number of hydrogen-bond acceptors (Lipinski definition) is 2. The molecule has 2 aromatic carbocycles. The van der Waals surface area contributed by atoms with Gasteiger partial charge in [-0.25, -0.2) is 4.79 Å². The molecule has 0 saturated carbocycles. The highest BCUT2D eigenvalue weighted by atomic mass is 16.4. The summed E-state index contributed by atoms with van der Waals surface area (Å²) in [5.74, 6) is -0.967. The van der Waals surface area contributed by atoms with Crippen LogP contribution in [0.3, 0.4) is 0 Å². The van der Waals surface area contributed by atoms with Crippen molar-refractivity contribution in [1.82, 2.24) is 0 Å². The molecule has 3 nitrogen and oxygen atoms in total. The van der Waals surface area contributed by atoms with E-state index in [0.29, 0.717) is 5.56 Å². The van der Waals surface area contributed by atoms with Gasteiger partial charge in [-0.1, -0.05) is 42.5 Å². The number of aromatic carboxylic acids is 1. The predicted molar refractivity (Wildman–Crippen MR) is 63.9 cm³/mol. The third-order valence-corrected chi connectivity index (χ3v) is 2.59. The molecule has 0 aliphatic heterocycles. The molecule has 86 valence electrons. The first-order valence-corrected chi connectivity index (χ1v) is 5.25. The lowest BCUT2D eigenvalue weighted by molar-refractivity contribution is 0.0696. The molecule has 0 bridgehead atoms. The van der Waals surface area contributed by atoms with Crippen LogP contribution in [0.25, 0.3) is 0 Å². The van der Waals surface area contributed by atoms with Crippen molar-refractivity contribution in [1.29, 1.82) is 0 Å². The van der Waals surface area contributed by atoms with Crippen molar-refractivity contribution in [3.8, 4) is 0 Å². The summed E-state index contributed by atoms with van der Waals surface area (Å²) in [5.41, 5.74) is 1.69. The maximum Gasteiger partial charge on any atom is 0.335 e. The Morgan fingerprint density at radius 1 is 0.882 bits per heavy atom. The third kappa shape index (κ3) is 2.52. The van der Waals surface area contributed by atoms with E-state index in [9.17, 15) is 9.90 Å². The monoisotopic (exact) mass is 228 g/mol. The van der Waals surface area contributed by atoms with Crippen LogP contribution in [0, 0.1) is 0 Å². The zero-order valence-corrected chi connectivity index (χ0v) is 9.08. The van der Waals surface area contributed by atoms with Crippen LogP contribution in [-0.2, 0) is 0 Å². The van der Waals surface area contributed by atoms with Crippen LogP contribution in [0.4, 0.5) is 0 Å². The molecule has 0 aliphatic rings. The number of carboxylic acid groups (broad SMARTS) is 1. The second-order valence-electron chi connectivity index (χ2n) is 3.74. The normalized spacial score (nSPS) is 12.1. The highest BCUT2D eigenvalue weighted by Gasteiger charge is 2.10. The summed E-state index contributed by atoms with van der Waals surface area (Å²) in [6.07, 6.45) is -0.723. The third-order valence-electron chi connectivity index (χ3n) is 2.59. The van der Waals surface area contributed by atoms with E-state index in [2.05, 4.69) is 0 Å². The lowest BCUT2D eigenvalue weighted by atomic mass is 10.0. The summed E-state index contributed by atoms with van der Waals surface area (Å²) in [6.45, 7) is 0. The van der Waals surface area contributed by atoms with E-state index in [1.807, 2.05) is 30.3 Å². The minimum absolute atomic E-state index is 0.217. The van der Waals surface area contributed by atoms with Crippen LogP contribution in [0.2, 0.25) is 0 Å². The van der Waals surface area contributed by atoms with Gasteiger partial charge >= 0.3 is 5.97 Å². The number of aliphatic hydroxyl groups excluding tert-OH is 1. The Hall–Kier alpha value is -2.13. The standard InChI is InChI=1S/C14H12O3/c15-13(10-4-2-1-3-5-10)11-6-8-12(9-7-11)14(16)17/h1-9,13,15H,(H,16,17)/t13-/m0/s1. The molecule has 0 heterocycles. The fourth-order valence-corrected chi connectivity index (χ4v) is 1.64. The van der Waals surface area contributed by atoms with E-state index < -0.39 is 12.1 Å². The Balaban J connectivity index is 2.26. The Morgan fingerprint density at radius 3 is 1.94 bits per heavy atom. The van der Waals surface area contributed by atoms with Gasteiger partial charge < -0.3 is 10.2 Å². The number of rotatable bonds is 3. The molecule has 0 saturated heterocycles. The van der Waals surface area contributed by atoms with Crippen molar-refractivity contribution in [2.45, 2.75) is 6.10 Å². The second-order valence-corrected chi connectivity index (χ2v) is 3.74. The van der Waals surface area contributed by atoms with Crippen molar-refractivity contribution < 1.29 is 15.0 Å². The molecule has 0 unspecified atom stereocenters. The summed E-state index contributed by atoms with van der Waals surface area (Å²) < 4.78 is 0. The van der Waals surface area contributed by atoms with E-state index in [1.54, 1.807) is 12.1 Å². The minimum atomic E-state index is -0.967. The van der Waals surface area contributed by atoms with E-state index in [1.165, 1.54) is 12.1 Å². The quantitative estimate of drug-likeness (QED) is 0.848. The van der Waals surface area contributed by atoms with E-state index in [0.717, 1.165) is 5.56 Å². The Labute approximate surface area is 99.0 Å². The zero-order valence-electron chi connectivity index (χ0n) is 9.08. The van der Waals surface area contributed by atoms with Gasteiger partial charge in [-0.15, -0.1) is 0 Å². The van der Waals surface area contributed by atoms with Crippen LogP contribution in [-0.4, -0.2) is 16.2 Å². The van der Waals surface area contributed by atoms with Crippen LogP contribution in [0.15, 0.2) is 54.6 Å². The van der Waals surface area contributed by atoms with Gasteiger partial charge in [0.1, 0.15) is 6.10 Å². The number of carboxylic acids is 1. The van der Waals surface area contributed by atoms with Gasteiger partial charge in [0.05, 0.1) is 5.56 Å². The number of aliphatic hydroxyl groups is 1. The predicted octanol–water partition coefficient (Wildman–Crippen LogP) is 2.47. The molecule has 2 N–H and O–H groups in total. The van der Waals surface area contributed by atoms with Gasteiger partial charge in [0.2, 0.25) is 0 Å². The molecule has 2 rings (SSSR count). The molecule has 3 heteroatoms. The lowest BCUT2D eigenvalue weighted by Gasteiger charge is -2.11. The van der Waals surface area contributed by atoms with Gasteiger partial charge in [0.15, 0.2) is 0 Å². The van der Waals surface area contributed by atoms with Gasteiger partial charge in [-0.05, 0) is 23.3 Å². The molecule has 0 spiro atoms. The average Bonchev–Trinajstić information content (AvgIpc) is 2.39. The molecule has 0 radical (unpaired) electrons. The summed E-state index contributed by atoms with van der Waals surface area (Å²) >= 11 is 0. The molecule has 0 fully saturated rings. The Morgan fingerprint density at radius 2 is 1.41 bits per heavy atom. The van der Waals surface area contributed by atoms with Crippen molar-refractivity contribution in [2.24, 2.45) is 0 Å². The summed E-state index contributed by atoms with van der Waals surface area (Å²) in [7, 11) is 0. The maximum absolute atomic E-state index is 10.7. The smallest absolute Gasteiger partial charge is 0.335 e. The molecule has 17 heavy (non-hydrogen) atoms. The topological polar surface area (TPSA) is 57.5 Å².